The smallest absolute Gasteiger partial charge is 0.176 e. The number of carbonyl (C=O) groups is 1. The van der Waals surface area contributed by atoms with Crippen molar-refractivity contribution in [3.05, 3.63) is 34.9 Å². The van der Waals surface area contributed by atoms with Crippen LogP contribution in [0, 0.1) is 11.8 Å². The number of hydrogen-bond donors (Lipinski definition) is 0. The van der Waals surface area contributed by atoms with E-state index in [4.69, 9.17) is 11.6 Å². The molecule has 0 N–H and O–H groups in total. The lowest BCUT2D eigenvalue weighted by Crippen LogP contribution is -2.35. The molecule has 0 spiro atoms. The van der Waals surface area contributed by atoms with Gasteiger partial charge in [0.2, 0.25) is 0 Å². The first kappa shape index (κ1) is 16.2. The molecule has 2 nitrogen and oxygen atoms in total. The highest BCUT2D eigenvalue weighted by Crippen LogP contribution is 2.12. The number of ketones is 1. The Balaban J connectivity index is 2.69. The molecule has 0 fully saturated rings. The molecule has 19 heavy (non-hydrogen) atoms. The molecule has 0 saturated heterocycles. The van der Waals surface area contributed by atoms with Gasteiger partial charge in [0.1, 0.15) is 0 Å². The van der Waals surface area contributed by atoms with Crippen LogP contribution in [-0.4, -0.2) is 30.3 Å². The van der Waals surface area contributed by atoms with Crippen molar-refractivity contribution in [2.24, 2.45) is 11.8 Å². The monoisotopic (exact) mass is 281 g/mol. The molecule has 0 heterocycles. The summed E-state index contributed by atoms with van der Waals surface area (Å²) in [4.78, 5) is 14.5. The molecule has 0 bridgehead atoms. The Morgan fingerprint density at radius 3 is 2.21 bits per heavy atom. The van der Waals surface area contributed by atoms with E-state index >= 15 is 0 Å². The molecule has 0 atom stereocenters. The average Bonchev–Trinajstić information content (AvgIpc) is 2.26. The lowest BCUT2D eigenvalue weighted by Gasteiger charge is -2.25. The quantitative estimate of drug-likeness (QED) is 0.700. The fourth-order valence-corrected chi connectivity index (χ4v) is 2.38. The highest BCUT2D eigenvalue weighted by molar-refractivity contribution is 6.31. The third-order valence-electron chi connectivity index (χ3n) is 2.76. The van der Waals surface area contributed by atoms with Gasteiger partial charge in [-0.3, -0.25) is 9.69 Å². The Bertz CT molecular complexity index is 405. The summed E-state index contributed by atoms with van der Waals surface area (Å²) in [7, 11) is 0. The van der Waals surface area contributed by atoms with Gasteiger partial charge in [-0.25, -0.2) is 0 Å². The predicted octanol–water partition coefficient (Wildman–Crippen LogP) is 4.14. The number of nitrogens with zero attached hydrogens (tertiary/aromatic N) is 1. The number of rotatable bonds is 7. The molecule has 0 saturated carbocycles. The van der Waals surface area contributed by atoms with E-state index in [0.717, 1.165) is 13.1 Å². The fraction of sp³-hybridized carbons (Fsp3) is 0.562. The summed E-state index contributed by atoms with van der Waals surface area (Å²) in [5.74, 6) is 1.26. The maximum absolute atomic E-state index is 12.3. The van der Waals surface area contributed by atoms with Gasteiger partial charge in [-0.05, 0) is 24.0 Å². The molecule has 0 amide bonds. The standard InChI is InChI=1S/C16H24ClNO/c1-12(2)9-18(10-13(3)4)11-16(19)14-6-5-7-15(17)8-14/h5-8,12-13H,9-11H2,1-4H3. The molecule has 3 heteroatoms. The molecule has 0 aromatic heterocycles. The minimum atomic E-state index is 0.142. The van der Waals surface area contributed by atoms with E-state index in [1.807, 2.05) is 12.1 Å². The number of Topliss-reactive ketones (excluding diaryl/α,β-unsaturated/α-hetero) is 1. The van der Waals surface area contributed by atoms with Crippen molar-refractivity contribution in [3.63, 3.8) is 0 Å². The van der Waals surface area contributed by atoms with E-state index in [1.165, 1.54) is 0 Å². The Morgan fingerprint density at radius 1 is 1.16 bits per heavy atom. The van der Waals surface area contributed by atoms with E-state index in [9.17, 15) is 4.79 Å². The first-order valence-corrected chi connectivity index (χ1v) is 7.27. The zero-order chi connectivity index (χ0) is 14.4. The third-order valence-corrected chi connectivity index (χ3v) is 3.00. The molecule has 0 aliphatic heterocycles. The lowest BCUT2D eigenvalue weighted by atomic mass is 10.1. The van der Waals surface area contributed by atoms with Gasteiger partial charge in [0.05, 0.1) is 6.54 Å². The zero-order valence-electron chi connectivity index (χ0n) is 12.3. The molecular formula is C16H24ClNO. The number of benzene rings is 1. The van der Waals surface area contributed by atoms with Crippen LogP contribution >= 0.6 is 11.6 Å². The van der Waals surface area contributed by atoms with E-state index < -0.39 is 0 Å². The molecule has 1 aromatic carbocycles. The van der Waals surface area contributed by atoms with Crippen molar-refractivity contribution in [1.82, 2.24) is 4.90 Å². The SMILES string of the molecule is CC(C)CN(CC(=O)c1cccc(Cl)c1)CC(C)C. The van der Waals surface area contributed by atoms with Crippen LogP contribution in [0.2, 0.25) is 5.02 Å². The van der Waals surface area contributed by atoms with Crippen LogP contribution in [0.25, 0.3) is 0 Å². The van der Waals surface area contributed by atoms with E-state index in [1.54, 1.807) is 12.1 Å². The Morgan fingerprint density at radius 2 is 1.74 bits per heavy atom. The number of hydrogen-bond acceptors (Lipinski definition) is 2. The summed E-state index contributed by atoms with van der Waals surface area (Å²) in [6.45, 7) is 11.1. The van der Waals surface area contributed by atoms with Crippen molar-refractivity contribution < 1.29 is 4.79 Å². The maximum Gasteiger partial charge on any atom is 0.176 e. The highest BCUT2D eigenvalue weighted by atomic mass is 35.5. The van der Waals surface area contributed by atoms with Gasteiger partial charge in [0.15, 0.2) is 5.78 Å². The first-order valence-electron chi connectivity index (χ1n) is 6.89. The van der Waals surface area contributed by atoms with Gasteiger partial charge in [0, 0.05) is 23.7 Å². The highest BCUT2D eigenvalue weighted by Gasteiger charge is 2.15. The Kier molecular flexibility index (Phi) is 6.53. The van der Waals surface area contributed by atoms with Crippen molar-refractivity contribution in [3.8, 4) is 0 Å². The fourth-order valence-electron chi connectivity index (χ4n) is 2.19. The van der Waals surface area contributed by atoms with Crippen LogP contribution in [0.5, 0.6) is 0 Å². The second-order valence-corrected chi connectivity index (χ2v) is 6.35. The van der Waals surface area contributed by atoms with Crippen LogP contribution in [0.4, 0.5) is 0 Å². The normalized spacial score (nSPS) is 11.6. The summed E-state index contributed by atoms with van der Waals surface area (Å²) in [5, 5.41) is 0.616. The van der Waals surface area contributed by atoms with Crippen LogP contribution in [-0.2, 0) is 0 Å². The molecular weight excluding hydrogens is 258 g/mol. The molecule has 0 radical (unpaired) electrons. The van der Waals surface area contributed by atoms with E-state index in [0.29, 0.717) is 29.0 Å². The summed E-state index contributed by atoms with van der Waals surface area (Å²) >= 11 is 5.93. The van der Waals surface area contributed by atoms with Gasteiger partial charge in [-0.1, -0.05) is 51.4 Å². The molecule has 0 aliphatic carbocycles. The number of halogens is 1. The molecule has 1 rings (SSSR count). The molecule has 1 aromatic rings. The minimum absolute atomic E-state index is 0.142. The summed E-state index contributed by atoms with van der Waals surface area (Å²) in [5.41, 5.74) is 0.699. The lowest BCUT2D eigenvalue weighted by molar-refractivity contribution is 0.0912. The largest absolute Gasteiger partial charge is 0.295 e. The van der Waals surface area contributed by atoms with Crippen LogP contribution in [0.15, 0.2) is 24.3 Å². The van der Waals surface area contributed by atoms with Gasteiger partial charge in [-0.2, -0.15) is 0 Å². The molecule has 0 unspecified atom stereocenters. The van der Waals surface area contributed by atoms with Crippen LogP contribution in [0.3, 0.4) is 0 Å². The van der Waals surface area contributed by atoms with Gasteiger partial charge in [-0.15, -0.1) is 0 Å². The first-order chi connectivity index (χ1) is 8.88. The second-order valence-electron chi connectivity index (χ2n) is 5.92. The topological polar surface area (TPSA) is 20.3 Å². The minimum Gasteiger partial charge on any atom is -0.295 e. The number of carbonyl (C=O) groups excluding carboxylic acids is 1. The summed E-state index contributed by atoms with van der Waals surface area (Å²) < 4.78 is 0. The van der Waals surface area contributed by atoms with Gasteiger partial charge >= 0.3 is 0 Å². The predicted molar refractivity (Wildman–Crippen MR) is 81.9 cm³/mol. The second kappa shape index (κ2) is 7.66. The Labute approximate surface area is 121 Å². The van der Waals surface area contributed by atoms with Crippen LogP contribution in [0.1, 0.15) is 38.1 Å². The van der Waals surface area contributed by atoms with Crippen LogP contribution < -0.4 is 0 Å². The Hall–Kier alpha value is -0.860. The van der Waals surface area contributed by atoms with Crippen molar-refractivity contribution in [1.29, 1.82) is 0 Å². The molecule has 0 aliphatic rings. The maximum atomic E-state index is 12.3. The van der Waals surface area contributed by atoms with Gasteiger partial charge < -0.3 is 0 Å². The van der Waals surface area contributed by atoms with E-state index in [-0.39, 0.29) is 5.78 Å². The third kappa shape index (κ3) is 6.22. The average molecular weight is 282 g/mol. The van der Waals surface area contributed by atoms with Crippen molar-refractivity contribution in [2.45, 2.75) is 27.7 Å². The zero-order valence-corrected chi connectivity index (χ0v) is 13.1. The molecule has 106 valence electrons. The van der Waals surface area contributed by atoms with E-state index in [2.05, 4.69) is 32.6 Å². The van der Waals surface area contributed by atoms with Gasteiger partial charge in [0.25, 0.3) is 0 Å². The summed E-state index contributed by atoms with van der Waals surface area (Å²) in [6, 6.07) is 7.19. The summed E-state index contributed by atoms with van der Waals surface area (Å²) in [6.07, 6.45) is 0. The van der Waals surface area contributed by atoms with Crippen molar-refractivity contribution in [2.75, 3.05) is 19.6 Å². The van der Waals surface area contributed by atoms with Crippen molar-refractivity contribution >= 4 is 17.4 Å².